The first-order valence-corrected chi connectivity index (χ1v) is 11.9. The predicted octanol–water partition coefficient (Wildman–Crippen LogP) is 2.50. The number of rotatable bonds is 4. The van der Waals surface area contributed by atoms with Crippen LogP contribution in [0.5, 0.6) is 6.01 Å². The number of hydrogen-bond donors (Lipinski definition) is 1. The van der Waals surface area contributed by atoms with E-state index >= 15 is 0 Å². The van der Waals surface area contributed by atoms with Crippen LogP contribution < -0.4 is 14.5 Å². The molecule has 1 fully saturated rings. The molecule has 0 radical (unpaired) electrons. The average molecular weight is 462 g/mol. The smallest absolute Gasteiger partial charge is 0.318 e. The fraction of sp³-hybridized carbons (Fsp3) is 0.440. The molecule has 2 aliphatic heterocycles. The van der Waals surface area contributed by atoms with Crippen molar-refractivity contribution >= 4 is 28.3 Å². The molecule has 1 aromatic carbocycles. The van der Waals surface area contributed by atoms with Gasteiger partial charge in [-0.25, -0.2) is 0 Å². The molecular formula is C25H31N7O2. The van der Waals surface area contributed by atoms with E-state index in [9.17, 15) is 4.79 Å². The van der Waals surface area contributed by atoms with E-state index in [2.05, 4.69) is 39.1 Å². The number of carbonyl (C=O) groups is 1. The fourth-order valence-electron chi connectivity index (χ4n) is 5.05. The van der Waals surface area contributed by atoms with Crippen LogP contribution in [0.3, 0.4) is 0 Å². The predicted molar refractivity (Wildman–Crippen MR) is 133 cm³/mol. The topological polar surface area (TPSA) is 90.5 Å². The summed E-state index contributed by atoms with van der Waals surface area (Å²) in [6.45, 7) is 8.61. The molecule has 0 spiro atoms. The van der Waals surface area contributed by atoms with Crippen molar-refractivity contribution in [2.24, 2.45) is 0 Å². The van der Waals surface area contributed by atoms with Crippen molar-refractivity contribution in [3.8, 4) is 6.01 Å². The molecule has 1 N–H and O–H groups in total. The lowest BCUT2D eigenvalue weighted by Gasteiger charge is -2.36. The highest BCUT2D eigenvalue weighted by Crippen LogP contribution is 2.33. The molecule has 34 heavy (non-hydrogen) atoms. The normalized spacial score (nSPS) is 16.7. The number of hydrogen-bond acceptors (Lipinski definition) is 7. The first kappa shape index (κ1) is 22.2. The van der Waals surface area contributed by atoms with E-state index in [1.54, 1.807) is 19.3 Å². The largest absolute Gasteiger partial charge is 0.467 e. The van der Waals surface area contributed by atoms with Crippen molar-refractivity contribution in [3.63, 3.8) is 0 Å². The van der Waals surface area contributed by atoms with Crippen molar-refractivity contribution in [1.82, 2.24) is 25.1 Å². The van der Waals surface area contributed by atoms with Crippen LogP contribution in [0.25, 0.3) is 10.9 Å². The van der Waals surface area contributed by atoms with Crippen molar-refractivity contribution < 1.29 is 9.53 Å². The molecule has 0 saturated carbocycles. The van der Waals surface area contributed by atoms with E-state index in [4.69, 9.17) is 14.7 Å². The van der Waals surface area contributed by atoms with Crippen molar-refractivity contribution in [3.05, 3.63) is 47.3 Å². The molecular weight excluding hydrogens is 430 g/mol. The number of amides is 1. The Morgan fingerprint density at radius 2 is 1.85 bits per heavy atom. The molecule has 1 saturated heterocycles. The van der Waals surface area contributed by atoms with E-state index in [1.165, 1.54) is 16.8 Å². The van der Waals surface area contributed by atoms with Crippen molar-refractivity contribution in [2.45, 2.75) is 26.7 Å². The minimum absolute atomic E-state index is 0.0701. The third-order valence-corrected chi connectivity index (χ3v) is 6.80. The van der Waals surface area contributed by atoms with E-state index in [0.717, 1.165) is 61.4 Å². The summed E-state index contributed by atoms with van der Waals surface area (Å²) < 4.78 is 5.47. The lowest BCUT2D eigenvalue weighted by molar-refractivity contribution is -0.126. The minimum Gasteiger partial charge on any atom is -0.467 e. The molecule has 5 rings (SSSR count). The van der Waals surface area contributed by atoms with Gasteiger partial charge in [0.25, 0.3) is 0 Å². The molecule has 3 aromatic rings. The number of carbonyl (C=O) groups excluding carboxylic acids is 1. The Morgan fingerprint density at radius 3 is 2.62 bits per heavy atom. The number of benzene rings is 1. The molecule has 4 heterocycles. The van der Waals surface area contributed by atoms with Gasteiger partial charge in [0.05, 0.1) is 30.2 Å². The van der Waals surface area contributed by atoms with Gasteiger partial charge in [-0.1, -0.05) is 12.1 Å². The maximum Gasteiger partial charge on any atom is 0.318 e. The lowest BCUT2D eigenvalue weighted by atomic mass is 10.1. The molecule has 0 bridgehead atoms. The van der Waals surface area contributed by atoms with Gasteiger partial charge in [-0.15, -0.1) is 0 Å². The molecule has 0 atom stereocenters. The first-order chi connectivity index (χ1) is 16.6. The highest BCUT2D eigenvalue weighted by Gasteiger charge is 2.27. The van der Waals surface area contributed by atoms with Gasteiger partial charge >= 0.3 is 6.01 Å². The summed E-state index contributed by atoms with van der Waals surface area (Å²) in [5.74, 6) is 1.01. The second kappa shape index (κ2) is 9.32. The van der Waals surface area contributed by atoms with E-state index in [0.29, 0.717) is 19.1 Å². The highest BCUT2D eigenvalue weighted by atomic mass is 16.5. The molecule has 1 amide bonds. The van der Waals surface area contributed by atoms with Crippen LogP contribution in [0, 0.1) is 6.92 Å². The molecule has 2 aliphatic rings. The van der Waals surface area contributed by atoms with Gasteiger partial charge in [0.15, 0.2) is 0 Å². The Balaban J connectivity index is 1.42. The van der Waals surface area contributed by atoms with E-state index in [-0.39, 0.29) is 5.91 Å². The van der Waals surface area contributed by atoms with Crippen LogP contribution in [-0.4, -0.2) is 77.4 Å². The molecule has 2 aromatic heterocycles. The van der Waals surface area contributed by atoms with Gasteiger partial charge < -0.3 is 19.4 Å². The van der Waals surface area contributed by atoms with Gasteiger partial charge in [-0.2, -0.15) is 15.1 Å². The summed E-state index contributed by atoms with van der Waals surface area (Å²) >= 11 is 0. The summed E-state index contributed by atoms with van der Waals surface area (Å²) in [6.07, 6.45) is 7.00. The standard InChI is InChI=1S/C25H31N7O2/c1-4-5-22(33)30-12-14-32(15-13-30)24-18-8-10-31(11-9-20(18)27-25(28-24)34-3)23-17(2)6-7-21-19(23)16-26-29-21/h4-7,16H,8-15H2,1-3H3,(H,26,29)/b5-4+. The molecule has 0 aliphatic carbocycles. The number of H-pyrrole nitrogens is 1. The zero-order chi connectivity index (χ0) is 23.7. The first-order valence-electron chi connectivity index (χ1n) is 11.9. The number of aromatic amines is 1. The number of anilines is 2. The van der Waals surface area contributed by atoms with E-state index < -0.39 is 0 Å². The number of aromatic nitrogens is 4. The number of nitrogens with one attached hydrogen (secondary N) is 1. The number of methoxy groups -OCH3 is 1. The number of ether oxygens (including phenoxy) is 1. The van der Waals surface area contributed by atoms with Crippen LogP contribution in [-0.2, 0) is 17.6 Å². The van der Waals surface area contributed by atoms with Gasteiger partial charge in [-0.05, 0) is 38.0 Å². The zero-order valence-corrected chi connectivity index (χ0v) is 20.0. The number of piperazine rings is 1. The van der Waals surface area contributed by atoms with E-state index in [1.807, 2.05) is 18.0 Å². The number of fused-ring (bicyclic) bond motifs is 2. The molecule has 9 heteroatoms. The van der Waals surface area contributed by atoms with Crippen molar-refractivity contribution in [2.75, 3.05) is 56.2 Å². The zero-order valence-electron chi connectivity index (χ0n) is 20.0. The summed E-state index contributed by atoms with van der Waals surface area (Å²) in [5, 5.41) is 8.50. The van der Waals surface area contributed by atoms with Crippen LogP contribution in [0.4, 0.5) is 11.5 Å². The maximum absolute atomic E-state index is 12.3. The highest BCUT2D eigenvalue weighted by molar-refractivity contribution is 5.93. The Kier molecular flexibility index (Phi) is 6.08. The van der Waals surface area contributed by atoms with Crippen molar-refractivity contribution in [1.29, 1.82) is 0 Å². The minimum atomic E-state index is 0.0701. The Hall–Kier alpha value is -3.62. The summed E-state index contributed by atoms with van der Waals surface area (Å²) in [7, 11) is 1.62. The van der Waals surface area contributed by atoms with Crippen LogP contribution in [0.1, 0.15) is 23.7 Å². The molecule has 178 valence electrons. The number of nitrogens with zero attached hydrogens (tertiary/aromatic N) is 6. The van der Waals surface area contributed by atoms with Gasteiger partial charge in [0.2, 0.25) is 5.91 Å². The monoisotopic (exact) mass is 461 g/mol. The Bertz CT molecular complexity index is 1230. The Labute approximate surface area is 199 Å². The maximum atomic E-state index is 12.3. The SMILES string of the molecule is C/C=C/C(=O)N1CCN(c2nc(OC)nc3c2CCN(c2c(C)ccc4[nH]ncc24)CC3)CC1. The Morgan fingerprint density at radius 1 is 1.06 bits per heavy atom. The second-order valence-corrected chi connectivity index (χ2v) is 8.82. The summed E-state index contributed by atoms with van der Waals surface area (Å²) in [5.41, 5.74) is 5.76. The third kappa shape index (κ3) is 4.06. The quantitative estimate of drug-likeness (QED) is 0.597. The van der Waals surface area contributed by atoms with Gasteiger partial charge in [-0.3, -0.25) is 9.89 Å². The van der Waals surface area contributed by atoms with Crippen LogP contribution in [0.2, 0.25) is 0 Å². The van der Waals surface area contributed by atoms with Crippen LogP contribution in [0.15, 0.2) is 30.5 Å². The van der Waals surface area contributed by atoms with Gasteiger partial charge in [0.1, 0.15) is 5.82 Å². The average Bonchev–Trinajstić information content (AvgIpc) is 3.23. The summed E-state index contributed by atoms with van der Waals surface area (Å²) in [6, 6.07) is 4.64. The fourth-order valence-corrected chi connectivity index (χ4v) is 5.05. The third-order valence-electron chi connectivity index (χ3n) is 6.80. The molecule has 9 nitrogen and oxygen atoms in total. The second-order valence-electron chi connectivity index (χ2n) is 8.82. The van der Waals surface area contributed by atoms with Crippen LogP contribution >= 0.6 is 0 Å². The lowest BCUT2D eigenvalue weighted by Crippen LogP contribution is -2.49. The number of aryl methyl sites for hydroxylation is 1. The summed E-state index contributed by atoms with van der Waals surface area (Å²) in [4.78, 5) is 28.4. The van der Waals surface area contributed by atoms with Gasteiger partial charge in [0, 0.05) is 56.6 Å². The number of allylic oxidation sites excluding steroid dienone is 1. The molecule has 0 unspecified atom stereocenters.